The normalized spacial score (nSPS) is 10.8. The average molecular weight is 306 g/mol. The first-order valence-corrected chi connectivity index (χ1v) is 7.87. The average Bonchev–Trinajstić information content (AvgIpc) is 2.89. The van der Waals surface area contributed by atoms with E-state index in [1.807, 2.05) is 31.4 Å². The molecule has 0 spiro atoms. The number of thiazole rings is 1. The summed E-state index contributed by atoms with van der Waals surface area (Å²) in [5, 5.41) is 4.21. The molecule has 2 rings (SSSR count). The molecule has 21 heavy (non-hydrogen) atoms. The quantitative estimate of drug-likeness (QED) is 0.812. The van der Waals surface area contributed by atoms with E-state index in [0.29, 0.717) is 6.61 Å². The number of methoxy groups -OCH3 is 1. The van der Waals surface area contributed by atoms with Gasteiger partial charge in [-0.25, -0.2) is 4.98 Å². The summed E-state index contributed by atoms with van der Waals surface area (Å²) < 4.78 is 5.25. The Morgan fingerprint density at radius 2 is 2.24 bits per heavy atom. The number of hydrogen-bond acceptors (Lipinski definition) is 6. The van der Waals surface area contributed by atoms with Crippen molar-refractivity contribution in [2.75, 3.05) is 25.6 Å². The first-order chi connectivity index (χ1) is 10.3. The predicted molar refractivity (Wildman–Crippen MR) is 86.6 cm³/mol. The lowest BCUT2D eigenvalue weighted by molar-refractivity contribution is 0.181. The minimum atomic E-state index is 0.550. The molecule has 6 heteroatoms. The van der Waals surface area contributed by atoms with Crippen LogP contribution in [0.4, 0.5) is 5.13 Å². The molecule has 0 aromatic carbocycles. The van der Waals surface area contributed by atoms with E-state index in [0.717, 1.165) is 36.2 Å². The first kappa shape index (κ1) is 15.9. The largest absolute Gasteiger partial charge is 0.378 e. The molecule has 0 aliphatic carbocycles. The molecule has 1 N–H and O–H groups in total. The third kappa shape index (κ3) is 4.23. The number of nitrogens with one attached hydrogen (secondary N) is 1. The van der Waals surface area contributed by atoms with E-state index < -0.39 is 0 Å². The van der Waals surface area contributed by atoms with Crippen molar-refractivity contribution in [2.24, 2.45) is 0 Å². The second-order valence-corrected chi connectivity index (χ2v) is 5.73. The molecular weight excluding hydrogens is 284 g/mol. The number of anilines is 1. The van der Waals surface area contributed by atoms with Gasteiger partial charge >= 0.3 is 0 Å². The highest BCUT2D eigenvalue weighted by Crippen LogP contribution is 2.27. The van der Waals surface area contributed by atoms with Crippen molar-refractivity contribution in [3.05, 3.63) is 40.7 Å². The fourth-order valence-corrected chi connectivity index (χ4v) is 3.19. The maximum Gasteiger partial charge on any atom is 0.186 e. The lowest BCUT2D eigenvalue weighted by Crippen LogP contribution is -2.22. The third-order valence-corrected chi connectivity index (χ3v) is 4.28. The van der Waals surface area contributed by atoms with Gasteiger partial charge in [0.15, 0.2) is 5.13 Å². The number of pyridine rings is 1. The lowest BCUT2D eigenvalue weighted by Gasteiger charge is -2.19. The van der Waals surface area contributed by atoms with Crippen molar-refractivity contribution in [1.29, 1.82) is 0 Å². The van der Waals surface area contributed by atoms with Gasteiger partial charge in [-0.15, -0.1) is 11.3 Å². The Hall–Kier alpha value is -1.50. The fourth-order valence-electron chi connectivity index (χ4n) is 2.06. The molecule has 0 atom stereocenters. The summed E-state index contributed by atoms with van der Waals surface area (Å²) in [4.78, 5) is 12.6. The molecule has 0 aliphatic rings. The smallest absolute Gasteiger partial charge is 0.186 e. The van der Waals surface area contributed by atoms with Gasteiger partial charge < -0.3 is 15.0 Å². The summed E-state index contributed by atoms with van der Waals surface area (Å²) in [5.74, 6) is 0. The van der Waals surface area contributed by atoms with Crippen LogP contribution >= 0.6 is 11.3 Å². The van der Waals surface area contributed by atoms with E-state index in [4.69, 9.17) is 9.72 Å². The zero-order chi connectivity index (χ0) is 15.1. The van der Waals surface area contributed by atoms with Crippen LogP contribution in [0.1, 0.15) is 23.2 Å². The number of hydrogen-bond donors (Lipinski definition) is 1. The summed E-state index contributed by atoms with van der Waals surface area (Å²) in [7, 11) is 3.65. The molecule has 2 aromatic heterocycles. The van der Waals surface area contributed by atoms with Gasteiger partial charge in [0.25, 0.3) is 0 Å². The van der Waals surface area contributed by atoms with Crippen LogP contribution < -0.4 is 10.2 Å². The van der Waals surface area contributed by atoms with E-state index in [1.165, 1.54) is 4.88 Å². The molecule has 0 saturated carbocycles. The third-order valence-electron chi connectivity index (χ3n) is 3.12. The van der Waals surface area contributed by atoms with Crippen LogP contribution in [0.15, 0.2) is 24.4 Å². The Kier molecular flexibility index (Phi) is 6.10. The van der Waals surface area contributed by atoms with Gasteiger partial charge in [-0.3, -0.25) is 4.98 Å². The van der Waals surface area contributed by atoms with Crippen LogP contribution in [0.5, 0.6) is 0 Å². The molecule has 0 unspecified atom stereocenters. The van der Waals surface area contributed by atoms with Gasteiger partial charge in [0.05, 0.1) is 24.5 Å². The van der Waals surface area contributed by atoms with Crippen molar-refractivity contribution in [3.8, 4) is 0 Å². The van der Waals surface area contributed by atoms with E-state index in [1.54, 1.807) is 18.4 Å². The van der Waals surface area contributed by atoms with E-state index in [9.17, 15) is 0 Å². The Bertz CT molecular complexity index is 520. The maximum absolute atomic E-state index is 5.25. The molecule has 0 saturated heterocycles. The summed E-state index contributed by atoms with van der Waals surface area (Å²) in [6, 6.07) is 5.99. The summed E-state index contributed by atoms with van der Waals surface area (Å²) in [6.45, 7) is 5.18. The standard InChI is InChI=1S/C15H22N4OS/c1-4-19(10-12-7-5-6-8-17-12)15-18-13(11-20-3)14(21-15)9-16-2/h5-8,16H,4,9-11H2,1-3H3. The topological polar surface area (TPSA) is 50.3 Å². The number of nitrogens with zero attached hydrogens (tertiary/aromatic N) is 3. The molecule has 0 fully saturated rings. The highest BCUT2D eigenvalue weighted by Gasteiger charge is 2.15. The molecule has 0 radical (unpaired) electrons. The van der Waals surface area contributed by atoms with Gasteiger partial charge in [0.2, 0.25) is 0 Å². The zero-order valence-corrected chi connectivity index (χ0v) is 13.6. The summed E-state index contributed by atoms with van der Waals surface area (Å²) in [5.41, 5.74) is 2.07. The molecular formula is C15H22N4OS. The van der Waals surface area contributed by atoms with Gasteiger partial charge in [-0.2, -0.15) is 0 Å². The van der Waals surface area contributed by atoms with Crippen molar-refractivity contribution < 1.29 is 4.74 Å². The highest BCUT2D eigenvalue weighted by atomic mass is 32.1. The molecule has 0 amide bonds. The Labute approximate surface area is 130 Å². The molecule has 5 nitrogen and oxygen atoms in total. The van der Waals surface area contributed by atoms with Gasteiger partial charge in [0, 0.05) is 31.3 Å². The maximum atomic E-state index is 5.25. The van der Waals surface area contributed by atoms with E-state index >= 15 is 0 Å². The zero-order valence-electron chi connectivity index (χ0n) is 12.8. The number of rotatable bonds is 8. The van der Waals surface area contributed by atoms with Gasteiger partial charge in [0.1, 0.15) is 0 Å². The van der Waals surface area contributed by atoms with Crippen LogP contribution in [0.2, 0.25) is 0 Å². The monoisotopic (exact) mass is 306 g/mol. The lowest BCUT2D eigenvalue weighted by atomic mass is 10.3. The molecule has 0 aliphatic heterocycles. The SMILES string of the molecule is CCN(Cc1ccccn1)c1nc(COC)c(CNC)s1. The predicted octanol–water partition coefficient (Wildman–Crippen LogP) is 2.43. The van der Waals surface area contributed by atoms with Gasteiger partial charge in [-0.05, 0) is 26.1 Å². The summed E-state index contributed by atoms with van der Waals surface area (Å²) in [6.07, 6.45) is 1.83. The Morgan fingerprint density at radius 3 is 2.86 bits per heavy atom. The van der Waals surface area contributed by atoms with Crippen LogP contribution in [-0.4, -0.2) is 30.7 Å². The van der Waals surface area contributed by atoms with Crippen molar-refractivity contribution in [1.82, 2.24) is 15.3 Å². The first-order valence-electron chi connectivity index (χ1n) is 7.05. The second-order valence-electron chi connectivity index (χ2n) is 4.66. The Morgan fingerprint density at radius 1 is 1.38 bits per heavy atom. The second kappa shape index (κ2) is 8.07. The molecule has 114 valence electrons. The summed E-state index contributed by atoms with van der Waals surface area (Å²) >= 11 is 1.72. The van der Waals surface area contributed by atoms with Crippen LogP contribution in [0, 0.1) is 0 Å². The van der Waals surface area contributed by atoms with E-state index in [-0.39, 0.29) is 0 Å². The fraction of sp³-hybridized carbons (Fsp3) is 0.467. The number of ether oxygens (including phenoxy) is 1. The molecule has 2 heterocycles. The van der Waals surface area contributed by atoms with Crippen molar-refractivity contribution in [3.63, 3.8) is 0 Å². The molecule has 2 aromatic rings. The van der Waals surface area contributed by atoms with Crippen molar-refractivity contribution >= 4 is 16.5 Å². The van der Waals surface area contributed by atoms with E-state index in [2.05, 4.69) is 22.1 Å². The van der Waals surface area contributed by atoms with Crippen LogP contribution in [0.25, 0.3) is 0 Å². The minimum Gasteiger partial charge on any atom is -0.378 e. The van der Waals surface area contributed by atoms with Gasteiger partial charge in [-0.1, -0.05) is 6.07 Å². The van der Waals surface area contributed by atoms with Crippen LogP contribution in [-0.2, 0) is 24.4 Å². The van der Waals surface area contributed by atoms with Crippen molar-refractivity contribution in [2.45, 2.75) is 26.6 Å². The highest BCUT2D eigenvalue weighted by molar-refractivity contribution is 7.15. The minimum absolute atomic E-state index is 0.550. The van der Waals surface area contributed by atoms with Crippen LogP contribution in [0.3, 0.4) is 0 Å². The number of aromatic nitrogens is 2. The molecule has 0 bridgehead atoms. The Balaban J connectivity index is 2.19.